The number of ether oxygens (including phenoxy) is 2. The van der Waals surface area contributed by atoms with Crippen molar-refractivity contribution in [2.24, 2.45) is 0 Å². The van der Waals surface area contributed by atoms with Gasteiger partial charge in [-0.25, -0.2) is 9.59 Å². The molecule has 3 saturated heterocycles. The topological polar surface area (TPSA) is 155 Å². The van der Waals surface area contributed by atoms with Gasteiger partial charge in [0.2, 0.25) is 17.5 Å². The van der Waals surface area contributed by atoms with Gasteiger partial charge in [-0.05, 0) is 45.1 Å². The number of nitrogens with zero attached hydrogens (tertiary/aromatic N) is 3. The van der Waals surface area contributed by atoms with E-state index in [4.69, 9.17) is 9.47 Å². The number of amides is 6. The average molecular weight is 712 g/mol. The lowest BCUT2D eigenvalue weighted by molar-refractivity contribution is -0.178. The lowest BCUT2D eigenvalue weighted by Gasteiger charge is -2.50. The first kappa shape index (κ1) is 36.2. The highest BCUT2D eigenvalue weighted by Crippen LogP contribution is 2.58. The summed E-state index contributed by atoms with van der Waals surface area (Å²) in [6.45, 7) is 7.17. The molecule has 0 saturated carbocycles. The number of likely N-dealkylation sites (N-methyl/N-ethyl adjacent to an activating group) is 1. The van der Waals surface area contributed by atoms with Gasteiger partial charge in [0, 0.05) is 19.6 Å². The Morgan fingerprint density at radius 3 is 2.16 bits per heavy atom. The van der Waals surface area contributed by atoms with Gasteiger partial charge in [0.15, 0.2) is 0 Å². The van der Waals surface area contributed by atoms with Crippen LogP contribution < -0.4 is 10.6 Å². The number of esters is 1. The van der Waals surface area contributed by atoms with Crippen molar-refractivity contribution in [3.8, 4) is 0 Å². The van der Waals surface area contributed by atoms with Crippen LogP contribution in [-0.4, -0.2) is 109 Å². The molecule has 3 fully saturated rings. The van der Waals surface area contributed by atoms with Crippen LogP contribution in [-0.2, 0) is 46.7 Å². The molecule has 13 nitrogen and oxygen atoms in total. The Morgan fingerprint density at radius 2 is 1.57 bits per heavy atom. The van der Waals surface area contributed by atoms with Gasteiger partial charge >= 0.3 is 23.8 Å². The smallest absolute Gasteiger partial charge is 0.355 e. The van der Waals surface area contributed by atoms with Crippen LogP contribution in [0, 0.1) is 0 Å². The number of hydrogen-bond donors (Lipinski definition) is 2. The number of imide groups is 1. The van der Waals surface area contributed by atoms with Crippen molar-refractivity contribution < 1.29 is 38.2 Å². The van der Waals surface area contributed by atoms with E-state index in [1.54, 1.807) is 52.0 Å². The van der Waals surface area contributed by atoms with E-state index < -0.39 is 62.9 Å². The monoisotopic (exact) mass is 711 g/mol. The van der Waals surface area contributed by atoms with Crippen molar-refractivity contribution in [3.05, 3.63) is 71.8 Å². The zero-order valence-corrected chi connectivity index (χ0v) is 29.7. The molecule has 6 amide bonds. The van der Waals surface area contributed by atoms with Crippen molar-refractivity contribution in [2.45, 2.75) is 74.1 Å². The molecule has 262 valence electrons. The Balaban J connectivity index is 1.46. The van der Waals surface area contributed by atoms with Crippen LogP contribution in [0.1, 0.15) is 38.8 Å². The fraction of sp³-hybridized carbons (Fsp3) is 0.471. The summed E-state index contributed by atoms with van der Waals surface area (Å²) in [5.74, 6) is -3.86. The highest BCUT2D eigenvalue weighted by molar-refractivity contribution is 8.05. The van der Waals surface area contributed by atoms with E-state index >= 15 is 0 Å². The Bertz CT molecular complexity index is 1600. The van der Waals surface area contributed by atoms with Crippen molar-refractivity contribution >= 4 is 59.2 Å². The Kier molecular flexibility index (Phi) is 10.9. The Hall–Kier alpha value is -4.08. The number of carbonyl (C=O) groups is 6. The number of nitrogens with one attached hydrogen (secondary N) is 2. The second kappa shape index (κ2) is 14.8. The summed E-state index contributed by atoms with van der Waals surface area (Å²) in [4.78, 5) is 84.8. The first-order chi connectivity index (χ1) is 23.4. The van der Waals surface area contributed by atoms with Gasteiger partial charge in [-0.15, -0.1) is 23.5 Å². The molecule has 49 heavy (non-hydrogen) atoms. The van der Waals surface area contributed by atoms with Gasteiger partial charge in [-0.2, -0.15) is 0 Å². The molecule has 15 heteroatoms. The highest BCUT2D eigenvalue weighted by Gasteiger charge is 2.74. The lowest BCUT2D eigenvalue weighted by atomic mass is 9.89. The molecule has 0 bridgehead atoms. The molecule has 2 aromatic rings. The normalized spacial score (nSPS) is 24.1. The fourth-order valence-electron chi connectivity index (χ4n) is 6.17. The van der Waals surface area contributed by atoms with Gasteiger partial charge in [0.25, 0.3) is 0 Å². The molecular formula is C34H41N5O8S2. The standard InChI is InChI=1S/C34H41N5O8S2/c1-6-37-17-18-38(29(43)28(37)42)32(45)35-24(21(2)46-19-22-13-9-7-10-14-22)26(40)36-34(31(44)47-20-23-15-11-8-12-16-23)33(3,4)49-30-25(48-5)27(41)39(30)34/h7-16,21,24-25,30H,6,17-20H2,1-5H3,(H,35,45)(H,36,40)/t21-,24+,25+,30+,34-/m0/s1. The summed E-state index contributed by atoms with van der Waals surface area (Å²) in [6.07, 6.45) is 0.812. The van der Waals surface area contributed by atoms with Crippen LogP contribution in [0.2, 0.25) is 0 Å². The molecule has 0 aromatic heterocycles. The number of fused-ring (bicyclic) bond motifs is 1. The maximum absolute atomic E-state index is 14.5. The summed E-state index contributed by atoms with van der Waals surface area (Å²) in [5, 5.41) is 4.56. The van der Waals surface area contributed by atoms with Gasteiger partial charge in [-0.1, -0.05) is 60.7 Å². The van der Waals surface area contributed by atoms with Crippen molar-refractivity contribution in [2.75, 3.05) is 25.9 Å². The summed E-state index contributed by atoms with van der Waals surface area (Å²) in [5.41, 5.74) is -0.439. The van der Waals surface area contributed by atoms with E-state index in [-0.39, 0.29) is 32.2 Å². The number of thioether (sulfide) groups is 2. The number of hydrogen-bond acceptors (Lipinski definition) is 10. The predicted octanol–water partition coefficient (Wildman–Crippen LogP) is 2.34. The molecule has 0 unspecified atom stereocenters. The largest absolute Gasteiger partial charge is 0.458 e. The minimum Gasteiger partial charge on any atom is -0.458 e. The molecule has 0 spiro atoms. The van der Waals surface area contributed by atoms with Crippen LogP contribution in [0.5, 0.6) is 0 Å². The predicted molar refractivity (Wildman–Crippen MR) is 184 cm³/mol. The van der Waals surface area contributed by atoms with E-state index in [0.717, 1.165) is 10.5 Å². The minimum atomic E-state index is -1.96. The van der Waals surface area contributed by atoms with E-state index in [2.05, 4.69) is 10.6 Å². The zero-order chi connectivity index (χ0) is 35.5. The molecule has 3 aliphatic heterocycles. The quantitative estimate of drug-likeness (QED) is 0.191. The molecule has 0 aliphatic carbocycles. The Morgan fingerprint density at radius 1 is 0.959 bits per heavy atom. The third-order valence-corrected chi connectivity index (χ3v) is 11.8. The summed E-state index contributed by atoms with van der Waals surface area (Å²) in [7, 11) is 0. The summed E-state index contributed by atoms with van der Waals surface area (Å²) in [6, 6.07) is 15.8. The minimum absolute atomic E-state index is 0.0721. The van der Waals surface area contributed by atoms with Crippen molar-refractivity contribution in [1.82, 2.24) is 25.3 Å². The summed E-state index contributed by atoms with van der Waals surface area (Å²) < 4.78 is 10.8. The SMILES string of the molecule is CCN1CCN(C(=O)N[C@@H](C(=O)N[C@@]2(C(=O)OCc3ccccc3)N3C(=O)[C@@H](SC)[C@H]3SC2(C)C)[C@H](C)OCc2ccccc2)C(=O)C1=O. The second-order valence-corrected chi connectivity index (χ2v) is 15.1. The third-order valence-electron chi connectivity index (χ3n) is 9.03. The van der Waals surface area contributed by atoms with Crippen LogP contribution in [0.4, 0.5) is 4.79 Å². The number of piperazine rings is 1. The van der Waals surface area contributed by atoms with E-state index in [1.807, 2.05) is 42.7 Å². The summed E-state index contributed by atoms with van der Waals surface area (Å²) >= 11 is 2.73. The number of carbonyl (C=O) groups excluding carboxylic acids is 6. The number of β-lactam (4-membered cyclic amide) rings is 1. The molecular weight excluding hydrogens is 671 g/mol. The fourth-order valence-corrected chi connectivity index (χ4v) is 8.95. The first-order valence-corrected chi connectivity index (χ1v) is 18.2. The number of urea groups is 1. The molecule has 5 atom stereocenters. The molecule has 0 radical (unpaired) electrons. The molecule has 3 heterocycles. The number of rotatable bonds is 12. The van der Waals surface area contributed by atoms with Crippen molar-refractivity contribution in [3.63, 3.8) is 0 Å². The van der Waals surface area contributed by atoms with E-state index in [1.165, 1.54) is 33.3 Å². The molecule has 5 rings (SSSR count). The van der Waals surface area contributed by atoms with Gasteiger partial charge in [0.1, 0.15) is 23.3 Å². The van der Waals surface area contributed by atoms with Crippen LogP contribution in [0.15, 0.2) is 60.7 Å². The molecule has 3 aliphatic rings. The Labute approximate surface area is 293 Å². The van der Waals surface area contributed by atoms with Gasteiger partial charge in [0.05, 0.1) is 17.5 Å². The number of benzene rings is 2. The van der Waals surface area contributed by atoms with E-state index in [0.29, 0.717) is 12.1 Å². The zero-order valence-electron chi connectivity index (χ0n) is 28.0. The average Bonchev–Trinajstić information content (AvgIpc) is 3.30. The third kappa shape index (κ3) is 6.88. The van der Waals surface area contributed by atoms with Crippen LogP contribution in [0.3, 0.4) is 0 Å². The first-order valence-electron chi connectivity index (χ1n) is 16.0. The molecule has 2 aromatic carbocycles. The van der Waals surface area contributed by atoms with Gasteiger partial charge < -0.3 is 25.0 Å². The van der Waals surface area contributed by atoms with Crippen LogP contribution in [0.25, 0.3) is 0 Å². The van der Waals surface area contributed by atoms with Gasteiger partial charge in [-0.3, -0.25) is 29.0 Å². The molecule has 2 N–H and O–H groups in total. The van der Waals surface area contributed by atoms with Crippen LogP contribution >= 0.6 is 23.5 Å². The van der Waals surface area contributed by atoms with E-state index in [9.17, 15) is 28.8 Å². The lowest BCUT2D eigenvalue weighted by Crippen LogP contribution is -2.79. The maximum Gasteiger partial charge on any atom is 0.355 e. The second-order valence-electron chi connectivity index (χ2n) is 12.4. The highest BCUT2D eigenvalue weighted by atomic mass is 32.2. The maximum atomic E-state index is 14.5. The van der Waals surface area contributed by atoms with Crippen molar-refractivity contribution in [1.29, 1.82) is 0 Å².